The third-order valence-corrected chi connectivity index (χ3v) is 14.0. The van der Waals surface area contributed by atoms with Crippen LogP contribution >= 0.6 is 22.6 Å². The first kappa shape index (κ1) is 57.1. The largest absolute Gasteiger partial charge is 0.506 e. The van der Waals surface area contributed by atoms with Gasteiger partial charge in [0.25, 0.3) is 47.3 Å². The highest BCUT2D eigenvalue weighted by atomic mass is 127. The van der Waals surface area contributed by atoms with E-state index in [1.54, 1.807) is 0 Å². The van der Waals surface area contributed by atoms with Gasteiger partial charge in [0, 0.05) is 124 Å². The van der Waals surface area contributed by atoms with Gasteiger partial charge in [-0.2, -0.15) is 0 Å². The standard InChI is InChI=1S/C52H63IN12O12/c53-40-31-65-26-19-60-50(75)37-10-3-9-36(43(37)68)47(72)56-14-21-62-20-13-54-45(70)32-5-1-7-34(41(32)66)48(73)57-17-24-64(29-30-65)25-18-58-49(74)35-8-2-6-33(42(35)67)46(71)55-15-22-63(28-27-62)23-16-59-51(76)38-11-4-12-39(44(38)69)52(77)61-40/h1-12,40,66-69H,13-31H2,(H,54,70)(H,55,71)(H,56,72)(H,57,73)(H,58,74)(H,59,76)(H,60,75)(H,61,77). The van der Waals surface area contributed by atoms with Crippen LogP contribution in [0.5, 0.6) is 23.0 Å². The van der Waals surface area contributed by atoms with Gasteiger partial charge in [0.1, 0.15) is 23.0 Å². The smallest absolute Gasteiger partial charge is 0.255 e. The average Bonchev–Trinajstić information content (AvgIpc) is 3.40. The molecule has 0 saturated heterocycles. The molecule has 0 aliphatic carbocycles. The molecule has 410 valence electrons. The minimum Gasteiger partial charge on any atom is -0.506 e. The zero-order valence-electron chi connectivity index (χ0n) is 42.2. The van der Waals surface area contributed by atoms with Crippen LogP contribution in [0.4, 0.5) is 0 Å². The third-order valence-electron chi connectivity index (χ3n) is 13.3. The van der Waals surface area contributed by atoms with Gasteiger partial charge < -0.3 is 63.0 Å². The molecule has 4 aromatic carbocycles. The van der Waals surface area contributed by atoms with E-state index in [0.29, 0.717) is 0 Å². The van der Waals surface area contributed by atoms with Gasteiger partial charge in [-0.3, -0.25) is 58.0 Å². The topological polar surface area (TPSA) is 327 Å². The molecule has 5 unspecified atom stereocenters. The van der Waals surface area contributed by atoms with Crippen molar-refractivity contribution < 1.29 is 58.8 Å². The second-order valence-corrected chi connectivity index (χ2v) is 19.9. The van der Waals surface area contributed by atoms with Crippen LogP contribution < -0.4 is 42.5 Å². The molecule has 24 nitrogen and oxygen atoms in total. The Morgan fingerprint density at radius 2 is 0.506 bits per heavy atom. The Morgan fingerprint density at radius 3 is 0.740 bits per heavy atom. The van der Waals surface area contributed by atoms with E-state index in [1.165, 1.54) is 72.8 Å². The van der Waals surface area contributed by atoms with Crippen molar-refractivity contribution in [3.63, 3.8) is 0 Å². The van der Waals surface area contributed by atoms with Crippen LogP contribution in [0.2, 0.25) is 0 Å². The van der Waals surface area contributed by atoms with Crippen LogP contribution in [0.1, 0.15) is 82.9 Å². The predicted molar refractivity (Wildman–Crippen MR) is 290 cm³/mol. The number of nitrogens with zero attached hydrogens (tertiary/aromatic N) is 4. The molecule has 4 aliphatic heterocycles. The van der Waals surface area contributed by atoms with Gasteiger partial charge in [-0.25, -0.2) is 0 Å². The molecule has 8 rings (SSSR count). The van der Waals surface area contributed by atoms with Crippen molar-refractivity contribution in [3.05, 3.63) is 117 Å². The number of aromatic hydroxyl groups is 4. The molecule has 4 heterocycles. The molecule has 0 saturated carbocycles. The van der Waals surface area contributed by atoms with Gasteiger partial charge in [0.2, 0.25) is 0 Å². The molecule has 12 N–H and O–H groups in total. The molecule has 4 aliphatic rings. The number of nitrogens with one attached hydrogen (secondary N) is 8. The summed E-state index contributed by atoms with van der Waals surface area (Å²) in [5.74, 6) is -7.43. The third kappa shape index (κ3) is 15.3. The van der Waals surface area contributed by atoms with Crippen molar-refractivity contribution in [3.8, 4) is 23.0 Å². The summed E-state index contributed by atoms with van der Waals surface area (Å²) < 4.78 is -0.637. The minimum atomic E-state index is -0.670. The first-order valence-corrected chi connectivity index (χ1v) is 26.4. The molecule has 0 aromatic heterocycles. The number of rotatable bonds is 0. The zero-order chi connectivity index (χ0) is 55.0. The summed E-state index contributed by atoms with van der Waals surface area (Å²) >= 11 is 2.02. The summed E-state index contributed by atoms with van der Waals surface area (Å²) in [6, 6.07) is 17.0. The van der Waals surface area contributed by atoms with Crippen LogP contribution in [0.3, 0.4) is 0 Å². The van der Waals surface area contributed by atoms with Crippen LogP contribution in [-0.2, 0) is 0 Å². The van der Waals surface area contributed by atoms with Gasteiger partial charge >= 0.3 is 0 Å². The van der Waals surface area contributed by atoms with Gasteiger partial charge in [-0.1, -0.05) is 46.9 Å². The van der Waals surface area contributed by atoms with E-state index in [1.807, 2.05) is 42.2 Å². The fourth-order valence-electron chi connectivity index (χ4n) is 8.96. The second kappa shape index (κ2) is 27.5. The second-order valence-electron chi connectivity index (χ2n) is 18.4. The van der Waals surface area contributed by atoms with Gasteiger partial charge in [-0.05, 0) is 48.5 Å². The summed E-state index contributed by atoms with van der Waals surface area (Å²) in [4.78, 5) is 117. The van der Waals surface area contributed by atoms with Gasteiger partial charge in [0.05, 0.1) is 48.6 Å². The lowest BCUT2D eigenvalue weighted by Gasteiger charge is -2.29. The van der Waals surface area contributed by atoms with Crippen molar-refractivity contribution >= 4 is 69.8 Å². The van der Waals surface area contributed by atoms with E-state index in [2.05, 4.69) is 42.5 Å². The monoisotopic (exact) mass is 1170 g/mol. The molecule has 0 radical (unpaired) electrons. The van der Waals surface area contributed by atoms with Crippen molar-refractivity contribution in [2.24, 2.45) is 0 Å². The van der Waals surface area contributed by atoms with E-state index < -0.39 is 74.3 Å². The lowest BCUT2D eigenvalue weighted by atomic mass is 10.1. The van der Waals surface area contributed by atoms with E-state index in [4.69, 9.17) is 0 Å². The Kier molecular flexibility index (Phi) is 20.4. The number of carbonyl (C=O) groups is 8. The Morgan fingerprint density at radius 1 is 0.312 bits per heavy atom. The summed E-state index contributed by atoms with van der Waals surface area (Å²) in [5.41, 5.74) is -1.16. The highest BCUT2D eigenvalue weighted by molar-refractivity contribution is 14.1. The number of hydrogen-bond donors (Lipinski definition) is 12. The Balaban J connectivity index is 1.31. The summed E-state index contributed by atoms with van der Waals surface area (Å²) in [5, 5.41) is 67.8. The van der Waals surface area contributed by atoms with Gasteiger partial charge in [-0.15, -0.1) is 0 Å². The van der Waals surface area contributed by atoms with Crippen LogP contribution in [0.25, 0.3) is 0 Å². The molecular weight excluding hydrogens is 1110 g/mol. The summed E-state index contributed by atoms with van der Waals surface area (Å²) in [6.45, 7) is 2.61. The Bertz CT molecular complexity index is 2780. The van der Waals surface area contributed by atoms with E-state index >= 15 is 0 Å². The van der Waals surface area contributed by atoms with Crippen LogP contribution in [-0.4, -0.2) is 216 Å². The molecular formula is C52H63IN12O12. The minimum absolute atomic E-state index is 0.0177. The first-order chi connectivity index (χ1) is 37.1. The molecule has 5 atom stereocenters. The number of amides is 8. The maximum atomic E-state index is 13.8. The highest BCUT2D eigenvalue weighted by Gasteiger charge is 2.26. The lowest BCUT2D eigenvalue weighted by molar-refractivity contribution is 0.0914. The van der Waals surface area contributed by atoms with E-state index in [-0.39, 0.29) is 169 Å². The predicted octanol–water partition coefficient (Wildman–Crippen LogP) is -0.542. The number of benzene rings is 4. The number of fused-ring (bicyclic) bond motifs is 26. The number of hydrogen-bond acceptors (Lipinski definition) is 16. The number of carbonyl (C=O) groups excluding carboxylic acids is 8. The van der Waals surface area contributed by atoms with Crippen LogP contribution in [0, 0.1) is 0 Å². The number of para-hydroxylation sites is 4. The highest BCUT2D eigenvalue weighted by Crippen LogP contribution is 2.26. The average molecular weight is 1180 g/mol. The SMILES string of the molecule is O=C1NCCN2CCNC(=O)c3cccc(c3O)C(=O)NCCN3CCN(CCNC(=O)c4cccc1c4O)CCNC(=O)c1cccc(c1O)C(=O)NCCN(CCNC(=O)c1cccc(c1O)C(=O)NC(I)C3)CC2. The molecule has 0 spiro atoms. The van der Waals surface area contributed by atoms with Gasteiger partial charge in [0.15, 0.2) is 0 Å². The van der Waals surface area contributed by atoms with Crippen LogP contribution in [0.15, 0.2) is 72.8 Å². The number of alkyl halides is 1. The van der Waals surface area contributed by atoms with E-state index in [0.717, 1.165) is 0 Å². The number of halogens is 1. The molecule has 25 heteroatoms. The first-order valence-electron chi connectivity index (χ1n) is 25.2. The number of phenolic OH excluding ortho intramolecular Hbond substituents is 4. The normalized spacial score (nSPS) is 22.7. The quantitative estimate of drug-likeness (QED) is 0.0598. The zero-order valence-corrected chi connectivity index (χ0v) is 44.3. The lowest BCUT2D eigenvalue weighted by Crippen LogP contribution is -2.47. The molecule has 77 heavy (non-hydrogen) atoms. The number of phenols is 4. The summed E-state index contributed by atoms with van der Waals surface area (Å²) in [6.07, 6.45) is 0. The maximum absolute atomic E-state index is 13.8. The molecule has 0 fully saturated rings. The molecule has 12 bridgehead atoms. The van der Waals surface area contributed by atoms with Crippen molar-refractivity contribution in [2.45, 2.75) is 4.05 Å². The molecule has 8 amide bonds. The van der Waals surface area contributed by atoms with E-state index in [9.17, 15) is 58.8 Å². The van der Waals surface area contributed by atoms with Crippen molar-refractivity contribution in [1.82, 2.24) is 62.1 Å². The maximum Gasteiger partial charge on any atom is 0.255 e. The Hall–Kier alpha value is -7.59. The fraction of sp³-hybridized carbons (Fsp3) is 0.385. The summed E-state index contributed by atoms with van der Waals surface area (Å²) in [7, 11) is 0. The molecule has 4 aromatic rings. The fourth-order valence-corrected chi connectivity index (χ4v) is 9.80. The van der Waals surface area contributed by atoms with Crippen molar-refractivity contribution in [1.29, 1.82) is 0 Å². The Labute approximate surface area is 457 Å². The van der Waals surface area contributed by atoms with Crippen molar-refractivity contribution in [2.75, 3.05) is 124 Å².